The normalized spacial score (nSPS) is 22.3. The molecule has 0 aromatic rings. The molecule has 1 heteroatoms. The molecule has 0 fully saturated rings. The zero-order valence-electron chi connectivity index (χ0n) is 14.9. The Kier molecular flexibility index (Phi) is 10.3. The summed E-state index contributed by atoms with van der Waals surface area (Å²) in [5.41, 5.74) is 1.65. The lowest BCUT2D eigenvalue weighted by molar-refractivity contribution is 0.451. The van der Waals surface area contributed by atoms with Gasteiger partial charge in [0.1, 0.15) is 0 Å². The summed E-state index contributed by atoms with van der Waals surface area (Å²) in [7, 11) is 0.0627. The highest BCUT2D eigenvalue weighted by atomic mass is 32.2. The van der Waals surface area contributed by atoms with Gasteiger partial charge in [-0.25, -0.2) is 10.9 Å². The fourth-order valence-corrected chi connectivity index (χ4v) is 5.57. The number of hydrogen-bond donors (Lipinski definition) is 1. The lowest BCUT2D eigenvalue weighted by Gasteiger charge is -2.19. The van der Waals surface area contributed by atoms with Crippen molar-refractivity contribution in [1.82, 2.24) is 0 Å². The quantitative estimate of drug-likeness (QED) is 0.361. The second-order valence-corrected chi connectivity index (χ2v) is 8.70. The first-order valence-electron chi connectivity index (χ1n) is 9.37. The topological polar surface area (TPSA) is 0 Å². The first-order chi connectivity index (χ1) is 10.2. The van der Waals surface area contributed by atoms with Crippen molar-refractivity contribution in [2.45, 2.75) is 85.5 Å². The SMILES string of the molecule is CCCCC(CC)CC1=C[SH](CC(CC)CCCC)C=C1. The van der Waals surface area contributed by atoms with Gasteiger partial charge in [-0.05, 0) is 46.8 Å². The average molecular weight is 311 g/mol. The summed E-state index contributed by atoms with van der Waals surface area (Å²) in [6.07, 6.45) is 14.9. The van der Waals surface area contributed by atoms with E-state index in [1.165, 1.54) is 63.5 Å². The molecule has 0 aliphatic carbocycles. The van der Waals surface area contributed by atoms with Crippen LogP contribution in [-0.4, -0.2) is 5.75 Å². The van der Waals surface area contributed by atoms with Gasteiger partial charge in [0.15, 0.2) is 0 Å². The first kappa shape index (κ1) is 18.9. The molecule has 1 aliphatic rings. The van der Waals surface area contributed by atoms with Crippen molar-refractivity contribution in [2.24, 2.45) is 11.8 Å². The first-order valence-corrected chi connectivity index (χ1v) is 11.0. The van der Waals surface area contributed by atoms with Crippen LogP contribution in [0.4, 0.5) is 0 Å². The number of unbranched alkanes of at least 4 members (excludes halogenated alkanes) is 2. The summed E-state index contributed by atoms with van der Waals surface area (Å²) in [6, 6.07) is 0. The fraction of sp³-hybridized carbons (Fsp3) is 0.800. The van der Waals surface area contributed by atoms with Gasteiger partial charge in [-0.1, -0.05) is 78.7 Å². The maximum atomic E-state index is 2.64. The second-order valence-electron chi connectivity index (χ2n) is 6.75. The van der Waals surface area contributed by atoms with Gasteiger partial charge in [-0.15, -0.1) is 0 Å². The van der Waals surface area contributed by atoms with Gasteiger partial charge in [-0.2, -0.15) is 0 Å². The summed E-state index contributed by atoms with van der Waals surface area (Å²) in [6.45, 7) is 9.35. The molecular formula is C20H38S. The van der Waals surface area contributed by atoms with Crippen LogP contribution in [-0.2, 0) is 0 Å². The van der Waals surface area contributed by atoms with E-state index in [4.69, 9.17) is 0 Å². The molecule has 1 heterocycles. The van der Waals surface area contributed by atoms with E-state index in [-0.39, 0.29) is 10.9 Å². The molecule has 0 spiro atoms. The molecule has 124 valence electrons. The Morgan fingerprint density at radius 2 is 1.52 bits per heavy atom. The van der Waals surface area contributed by atoms with Gasteiger partial charge in [-0.3, -0.25) is 0 Å². The molecule has 0 aromatic carbocycles. The molecule has 3 unspecified atom stereocenters. The lowest BCUT2D eigenvalue weighted by Crippen LogP contribution is -2.04. The molecule has 0 radical (unpaired) electrons. The van der Waals surface area contributed by atoms with E-state index in [1.54, 1.807) is 5.57 Å². The van der Waals surface area contributed by atoms with Crippen LogP contribution in [0, 0.1) is 11.8 Å². The van der Waals surface area contributed by atoms with E-state index in [1.807, 2.05) is 0 Å². The molecule has 21 heavy (non-hydrogen) atoms. The summed E-state index contributed by atoms with van der Waals surface area (Å²) in [4.78, 5) is 0. The van der Waals surface area contributed by atoms with Crippen molar-refractivity contribution in [3.8, 4) is 0 Å². The second kappa shape index (κ2) is 11.4. The van der Waals surface area contributed by atoms with Crippen molar-refractivity contribution in [2.75, 3.05) is 5.75 Å². The van der Waals surface area contributed by atoms with Gasteiger partial charge in [0.05, 0.1) is 0 Å². The molecule has 0 amide bonds. The summed E-state index contributed by atoms with van der Waals surface area (Å²) in [5.74, 6) is 3.31. The van der Waals surface area contributed by atoms with Gasteiger partial charge in [0.25, 0.3) is 0 Å². The molecular weight excluding hydrogens is 272 g/mol. The van der Waals surface area contributed by atoms with Crippen LogP contribution < -0.4 is 0 Å². The van der Waals surface area contributed by atoms with E-state index < -0.39 is 0 Å². The summed E-state index contributed by atoms with van der Waals surface area (Å²) >= 11 is 0. The Morgan fingerprint density at radius 3 is 2.10 bits per heavy atom. The van der Waals surface area contributed by atoms with Crippen molar-refractivity contribution in [1.29, 1.82) is 0 Å². The Labute approximate surface area is 136 Å². The van der Waals surface area contributed by atoms with Crippen LogP contribution in [0.2, 0.25) is 0 Å². The largest absolute Gasteiger partial charge is 0.213 e. The minimum atomic E-state index is 0.0627. The van der Waals surface area contributed by atoms with Crippen LogP contribution in [0.5, 0.6) is 0 Å². The van der Waals surface area contributed by atoms with Crippen LogP contribution >= 0.6 is 10.9 Å². The minimum Gasteiger partial charge on any atom is -0.213 e. The van der Waals surface area contributed by atoms with Crippen LogP contribution in [0.25, 0.3) is 0 Å². The van der Waals surface area contributed by atoms with Gasteiger partial charge >= 0.3 is 0 Å². The highest BCUT2D eigenvalue weighted by molar-refractivity contribution is 8.22. The smallest absolute Gasteiger partial charge is 0.0156 e. The summed E-state index contributed by atoms with van der Waals surface area (Å²) < 4.78 is 0. The maximum Gasteiger partial charge on any atom is -0.0156 e. The monoisotopic (exact) mass is 310 g/mol. The standard InChI is InChI=1S/C20H38S/c1-5-9-11-18(7-3)15-20-13-14-21(17-20)16-19(8-4)12-10-6-2/h13-14,17-19,21H,5-12,15-16H2,1-4H3. The van der Waals surface area contributed by atoms with Crippen LogP contribution in [0.1, 0.15) is 85.5 Å². The Bertz CT molecular complexity index is 316. The maximum absolute atomic E-state index is 2.64. The third kappa shape index (κ3) is 7.58. The predicted molar refractivity (Wildman–Crippen MR) is 102 cm³/mol. The van der Waals surface area contributed by atoms with Gasteiger partial charge in [0.2, 0.25) is 0 Å². The molecule has 0 bridgehead atoms. The Morgan fingerprint density at radius 1 is 0.905 bits per heavy atom. The van der Waals surface area contributed by atoms with Crippen molar-refractivity contribution < 1.29 is 0 Å². The number of thiol groups is 1. The molecule has 1 aliphatic heterocycles. The third-order valence-corrected chi connectivity index (χ3v) is 7.03. The van der Waals surface area contributed by atoms with Crippen LogP contribution in [0.15, 0.2) is 22.5 Å². The molecule has 0 N–H and O–H groups in total. The fourth-order valence-electron chi connectivity index (χ4n) is 3.22. The number of hydrogen-bond acceptors (Lipinski definition) is 0. The summed E-state index contributed by atoms with van der Waals surface area (Å²) in [5, 5.41) is 5.17. The number of allylic oxidation sites excluding steroid dienone is 2. The van der Waals surface area contributed by atoms with Crippen LogP contribution in [0.3, 0.4) is 0 Å². The minimum absolute atomic E-state index is 0.0627. The molecule has 1 rings (SSSR count). The van der Waals surface area contributed by atoms with Crippen molar-refractivity contribution in [3.05, 3.63) is 22.5 Å². The highest BCUT2D eigenvalue weighted by Gasteiger charge is 2.15. The molecule has 0 saturated carbocycles. The Hall–Kier alpha value is -0.170. The van der Waals surface area contributed by atoms with E-state index >= 15 is 0 Å². The van der Waals surface area contributed by atoms with Crippen molar-refractivity contribution in [3.63, 3.8) is 0 Å². The predicted octanol–water partition coefficient (Wildman–Crippen LogP) is 7.22. The average Bonchev–Trinajstić information content (AvgIpc) is 2.94. The highest BCUT2D eigenvalue weighted by Crippen LogP contribution is 2.41. The van der Waals surface area contributed by atoms with Crippen molar-refractivity contribution >= 4 is 10.9 Å². The molecule has 0 saturated heterocycles. The molecule has 0 aromatic heterocycles. The van der Waals surface area contributed by atoms with E-state index in [9.17, 15) is 0 Å². The molecule has 3 atom stereocenters. The van der Waals surface area contributed by atoms with Gasteiger partial charge < -0.3 is 0 Å². The lowest BCUT2D eigenvalue weighted by atomic mass is 9.92. The van der Waals surface area contributed by atoms with Gasteiger partial charge in [0, 0.05) is 0 Å². The Balaban J connectivity index is 2.40. The number of rotatable bonds is 12. The van der Waals surface area contributed by atoms with E-state index in [2.05, 4.69) is 44.6 Å². The zero-order chi connectivity index (χ0) is 15.5. The van der Waals surface area contributed by atoms with E-state index in [0.29, 0.717) is 0 Å². The molecule has 0 nitrogen and oxygen atoms in total. The zero-order valence-corrected chi connectivity index (χ0v) is 15.8. The van der Waals surface area contributed by atoms with E-state index in [0.717, 1.165) is 11.8 Å². The third-order valence-electron chi connectivity index (χ3n) is 4.89.